The molecule has 218 valence electrons. The molecule has 1 saturated heterocycles. The Hall–Kier alpha value is -1.18. The molecule has 1 aliphatic heterocycles. The molecule has 0 aromatic carbocycles. The molecule has 6 nitrogen and oxygen atoms in total. The van der Waals surface area contributed by atoms with Crippen molar-refractivity contribution in [3.63, 3.8) is 0 Å². The molecule has 1 aromatic heterocycles. The van der Waals surface area contributed by atoms with E-state index in [1.165, 1.54) is 70.0 Å². The zero-order valence-electron chi connectivity index (χ0n) is 24.5. The van der Waals surface area contributed by atoms with E-state index in [1.54, 1.807) is 5.57 Å². The molecule has 0 bridgehead atoms. The van der Waals surface area contributed by atoms with Crippen molar-refractivity contribution < 1.29 is 18.6 Å². The van der Waals surface area contributed by atoms with Gasteiger partial charge >= 0.3 is 0 Å². The molecular weight excluding hydrogens is 488 g/mol. The van der Waals surface area contributed by atoms with E-state index in [2.05, 4.69) is 30.9 Å². The summed E-state index contributed by atoms with van der Waals surface area (Å²) in [6.45, 7) is 12.1. The molecule has 4 fully saturated rings. The summed E-state index contributed by atoms with van der Waals surface area (Å²) in [7, 11) is 0. The number of hydrogen-bond acceptors (Lipinski definition) is 6. The summed E-state index contributed by atoms with van der Waals surface area (Å²) in [5, 5.41) is 0. The summed E-state index contributed by atoms with van der Waals surface area (Å²) < 4.78 is 24.6. The summed E-state index contributed by atoms with van der Waals surface area (Å²) in [5.74, 6) is 2.17. The molecule has 5 aliphatic rings. The number of fused-ring (bicyclic) bond motifs is 5. The van der Waals surface area contributed by atoms with Gasteiger partial charge in [0.2, 0.25) is 0 Å². The van der Waals surface area contributed by atoms with Crippen LogP contribution >= 0.6 is 0 Å². The summed E-state index contributed by atoms with van der Waals surface area (Å²) in [4.78, 5) is 2.51. The molecule has 0 unspecified atom stereocenters. The number of allylic oxidation sites excluding steroid dienone is 1. The second-order valence-electron chi connectivity index (χ2n) is 13.6. The first-order chi connectivity index (χ1) is 19.0. The minimum absolute atomic E-state index is 0.115. The molecule has 2 N–H and O–H groups in total. The first-order valence-corrected chi connectivity index (χ1v) is 16.0. The van der Waals surface area contributed by atoms with E-state index in [-0.39, 0.29) is 11.0 Å². The molecule has 1 aromatic rings. The summed E-state index contributed by atoms with van der Waals surface area (Å²) in [6, 6.07) is 2.14. The lowest BCUT2D eigenvalue weighted by Gasteiger charge is -2.59. The topological polar surface area (TPSA) is 70.1 Å². The van der Waals surface area contributed by atoms with Crippen molar-refractivity contribution in [2.45, 2.75) is 89.8 Å². The van der Waals surface area contributed by atoms with Crippen LogP contribution in [0, 0.1) is 28.6 Å². The molecule has 6 rings (SSSR count). The van der Waals surface area contributed by atoms with Crippen LogP contribution < -0.4 is 5.73 Å². The number of furan rings is 1. The molecule has 0 amide bonds. The maximum absolute atomic E-state index is 6.74. The largest absolute Gasteiger partial charge is 0.472 e. The van der Waals surface area contributed by atoms with E-state index in [1.807, 2.05) is 12.5 Å². The van der Waals surface area contributed by atoms with Gasteiger partial charge in [-0.25, -0.2) is 0 Å². The maximum atomic E-state index is 6.74. The van der Waals surface area contributed by atoms with Gasteiger partial charge in [0.15, 0.2) is 0 Å². The third-order valence-corrected chi connectivity index (χ3v) is 12.0. The Balaban J connectivity index is 1.08. The zero-order chi connectivity index (χ0) is 26.9. The lowest BCUT2D eigenvalue weighted by Crippen LogP contribution is -2.54. The van der Waals surface area contributed by atoms with Gasteiger partial charge in [-0.05, 0) is 107 Å². The van der Waals surface area contributed by atoms with Crippen LogP contribution in [0.3, 0.4) is 0 Å². The van der Waals surface area contributed by atoms with Gasteiger partial charge in [0.05, 0.1) is 45.1 Å². The van der Waals surface area contributed by atoms with E-state index in [0.29, 0.717) is 30.6 Å². The Morgan fingerprint density at radius 2 is 1.85 bits per heavy atom. The molecule has 0 spiro atoms. The SMILES string of the molecule is C[C@]12CC[C@H](OCCOCCN3CCCC3)CC1=CC[C@@H]1[C@@H]2CC[C@@]2(C)[C@H]1CC[C@@]2(OCCN)c1ccoc1. The Morgan fingerprint density at radius 1 is 1.00 bits per heavy atom. The minimum Gasteiger partial charge on any atom is -0.472 e. The normalized spacial score (nSPS) is 40.2. The van der Waals surface area contributed by atoms with Crippen molar-refractivity contribution in [2.24, 2.45) is 34.3 Å². The van der Waals surface area contributed by atoms with E-state index in [9.17, 15) is 0 Å². The van der Waals surface area contributed by atoms with Crippen LogP contribution in [0.4, 0.5) is 0 Å². The van der Waals surface area contributed by atoms with Crippen molar-refractivity contribution in [3.05, 3.63) is 35.8 Å². The average Bonchev–Trinajstić information content (AvgIpc) is 3.71. The predicted octanol–water partition coefficient (Wildman–Crippen LogP) is 5.91. The fourth-order valence-electron chi connectivity index (χ4n) is 9.87. The van der Waals surface area contributed by atoms with Gasteiger partial charge in [-0.3, -0.25) is 0 Å². The van der Waals surface area contributed by atoms with Crippen molar-refractivity contribution in [3.8, 4) is 0 Å². The Morgan fingerprint density at radius 3 is 2.64 bits per heavy atom. The highest BCUT2D eigenvalue weighted by Gasteiger charge is 2.65. The second-order valence-corrected chi connectivity index (χ2v) is 13.6. The fourth-order valence-corrected chi connectivity index (χ4v) is 9.87. The van der Waals surface area contributed by atoms with Crippen molar-refractivity contribution >= 4 is 0 Å². The van der Waals surface area contributed by atoms with E-state index in [0.717, 1.165) is 51.0 Å². The zero-order valence-corrected chi connectivity index (χ0v) is 24.5. The lowest BCUT2D eigenvalue weighted by atomic mass is 9.46. The second kappa shape index (κ2) is 11.6. The lowest BCUT2D eigenvalue weighted by molar-refractivity contribution is -0.162. The van der Waals surface area contributed by atoms with Gasteiger partial charge in [-0.15, -0.1) is 0 Å². The number of hydrogen-bond donors (Lipinski definition) is 1. The average molecular weight is 541 g/mol. The number of rotatable bonds is 11. The highest BCUT2D eigenvalue weighted by molar-refractivity contribution is 5.30. The molecule has 7 atom stereocenters. The third kappa shape index (κ3) is 4.97. The molecule has 2 heterocycles. The Labute approximate surface area is 236 Å². The quantitative estimate of drug-likeness (QED) is 0.278. The van der Waals surface area contributed by atoms with Crippen LogP contribution in [-0.4, -0.2) is 63.6 Å². The van der Waals surface area contributed by atoms with Crippen LogP contribution in [0.25, 0.3) is 0 Å². The number of nitrogens with two attached hydrogens (primary N) is 1. The van der Waals surface area contributed by atoms with Gasteiger partial charge in [-0.2, -0.15) is 0 Å². The number of likely N-dealkylation sites (tertiary alicyclic amines) is 1. The highest BCUT2D eigenvalue weighted by Crippen LogP contribution is 2.70. The first-order valence-electron chi connectivity index (χ1n) is 16.0. The van der Waals surface area contributed by atoms with Crippen LogP contribution in [0.5, 0.6) is 0 Å². The van der Waals surface area contributed by atoms with E-state index in [4.69, 9.17) is 24.4 Å². The number of nitrogens with zero attached hydrogens (tertiary/aromatic N) is 1. The Bertz CT molecular complexity index is 974. The van der Waals surface area contributed by atoms with Gasteiger partial charge in [0.1, 0.15) is 5.60 Å². The maximum Gasteiger partial charge on any atom is 0.102 e. The first kappa shape index (κ1) is 28.0. The molecular formula is C33H52N2O4. The third-order valence-electron chi connectivity index (χ3n) is 12.0. The smallest absolute Gasteiger partial charge is 0.102 e. The molecule has 6 heteroatoms. The summed E-state index contributed by atoms with van der Waals surface area (Å²) in [6.07, 6.45) is 18.9. The number of ether oxygens (including phenoxy) is 3. The fraction of sp³-hybridized carbons (Fsp3) is 0.818. The Kier molecular flexibility index (Phi) is 8.32. The van der Waals surface area contributed by atoms with Crippen LogP contribution in [0.2, 0.25) is 0 Å². The highest BCUT2D eigenvalue weighted by atomic mass is 16.5. The summed E-state index contributed by atoms with van der Waals surface area (Å²) >= 11 is 0. The van der Waals surface area contributed by atoms with Gasteiger partial charge in [-0.1, -0.05) is 25.5 Å². The van der Waals surface area contributed by atoms with Crippen molar-refractivity contribution in [1.82, 2.24) is 4.90 Å². The molecule has 0 radical (unpaired) electrons. The molecule has 4 aliphatic carbocycles. The molecule has 39 heavy (non-hydrogen) atoms. The van der Waals surface area contributed by atoms with Gasteiger partial charge in [0.25, 0.3) is 0 Å². The van der Waals surface area contributed by atoms with E-state index < -0.39 is 0 Å². The van der Waals surface area contributed by atoms with Gasteiger partial charge < -0.3 is 29.3 Å². The van der Waals surface area contributed by atoms with Crippen molar-refractivity contribution in [2.75, 3.05) is 52.6 Å². The van der Waals surface area contributed by atoms with Crippen LogP contribution in [0.1, 0.15) is 83.6 Å². The van der Waals surface area contributed by atoms with Crippen LogP contribution in [-0.2, 0) is 19.8 Å². The van der Waals surface area contributed by atoms with Gasteiger partial charge in [0, 0.05) is 24.1 Å². The minimum atomic E-state index is -0.276. The molecule has 3 saturated carbocycles. The van der Waals surface area contributed by atoms with Crippen LogP contribution in [0.15, 0.2) is 34.7 Å². The monoisotopic (exact) mass is 540 g/mol. The predicted molar refractivity (Wildman–Crippen MR) is 153 cm³/mol. The standard InChI is InChI=1S/C33H52N2O4/c1-31-11-7-27(38-22-21-36-20-17-35-15-3-4-16-35)23-25(31)5-6-28-29(31)8-12-32(2)30(28)9-13-33(32,39-19-14-34)26-10-18-37-24-26/h5,10,18,24,27-30H,3-4,6-9,11-17,19-23,34H2,1-2H3/t27-,28+,29-,30-,31-,32-,33+/m0/s1. The van der Waals surface area contributed by atoms with E-state index >= 15 is 0 Å². The van der Waals surface area contributed by atoms with Crippen molar-refractivity contribution in [1.29, 1.82) is 0 Å². The summed E-state index contributed by atoms with van der Waals surface area (Å²) in [5.41, 5.74) is 8.99.